The molecule has 9 nitrogen and oxygen atoms in total. The second-order valence-electron chi connectivity index (χ2n) is 7.17. The Balaban J connectivity index is 1.80. The van der Waals surface area contributed by atoms with Crippen molar-refractivity contribution in [2.75, 3.05) is 31.4 Å². The summed E-state index contributed by atoms with van der Waals surface area (Å²) in [7, 11) is 1.65. The molecule has 0 fully saturated rings. The molecular formula is C22H30N6O3S. The molecule has 3 aromatic rings. The van der Waals surface area contributed by atoms with Crippen LogP contribution in [0.5, 0.6) is 5.88 Å². The summed E-state index contributed by atoms with van der Waals surface area (Å²) >= 11 is 1.34. The van der Waals surface area contributed by atoms with Gasteiger partial charge in [0.1, 0.15) is 5.56 Å². The van der Waals surface area contributed by atoms with E-state index in [0.29, 0.717) is 43.2 Å². The van der Waals surface area contributed by atoms with Crippen LogP contribution < -0.4 is 10.1 Å². The average molecular weight is 459 g/mol. The zero-order valence-corrected chi connectivity index (χ0v) is 20.0. The third kappa shape index (κ3) is 5.49. The summed E-state index contributed by atoms with van der Waals surface area (Å²) in [5.41, 5.74) is 3.79. The molecule has 0 aliphatic heterocycles. The normalized spacial score (nSPS) is 11.0. The molecule has 172 valence electrons. The van der Waals surface area contributed by atoms with Crippen LogP contribution in [-0.2, 0) is 22.6 Å². The average Bonchev–Trinajstić information content (AvgIpc) is 3.37. The van der Waals surface area contributed by atoms with Gasteiger partial charge in [0.05, 0.1) is 25.5 Å². The highest BCUT2D eigenvalue weighted by molar-refractivity contribution is 7.99. The number of hydrogen-bond donors (Lipinski definition) is 1. The lowest BCUT2D eigenvalue weighted by molar-refractivity contribution is -0.113. The number of thioether (sulfide) groups is 1. The predicted octanol–water partition coefficient (Wildman–Crippen LogP) is 3.55. The number of aryl methyl sites for hydroxylation is 2. The van der Waals surface area contributed by atoms with Crippen molar-refractivity contribution in [2.45, 2.75) is 45.9 Å². The van der Waals surface area contributed by atoms with E-state index in [1.807, 2.05) is 56.7 Å². The Morgan fingerprint density at radius 1 is 1.22 bits per heavy atom. The molecule has 1 amide bonds. The molecule has 0 saturated heterocycles. The quantitative estimate of drug-likeness (QED) is 0.439. The summed E-state index contributed by atoms with van der Waals surface area (Å²) in [5, 5.41) is 16.8. The summed E-state index contributed by atoms with van der Waals surface area (Å²) in [6, 6.07) is 5.87. The number of carbonyl (C=O) groups excluding carboxylic acids is 1. The summed E-state index contributed by atoms with van der Waals surface area (Å²) in [5.74, 6) is 1.28. The topological polar surface area (TPSA) is 96.1 Å². The van der Waals surface area contributed by atoms with E-state index >= 15 is 0 Å². The molecule has 0 radical (unpaired) electrons. The van der Waals surface area contributed by atoms with Gasteiger partial charge in [-0.15, -0.1) is 15.3 Å². The van der Waals surface area contributed by atoms with E-state index in [1.165, 1.54) is 11.8 Å². The van der Waals surface area contributed by atoms with Crippen LogP contribution >= 0.6 is 11.8 Å². The van der Waals surface area contributed by atoms with Gasteiger partial charge in [0, 0.05) is 25.5 Å². The summed E-state index contributed by atoms with van der Waals surface area (Å²) in [4.78, 5) is 12.6. The lowest BCUT2D eigenvalue weighted by Gasteiger charge is -2.11. The minimum Gasteiger partial charge on any atom is -0.476 e. The van der Waals surface area contributed by atoms with E-state index in [2.05, 4.69) is 20.6 Å². The first-order chi connectivity index (χ1) is 15.5. The first kappa shape index (κ1) is 23.8. The van der Waals surface area contributed by atoms with Crippen LogP contribution in [0.1, 0.15) is 25.0 Å². The predicted molar refractivity (Wildman–Crippen MR) is 125 cm³/mol. The lowest BCUT2D eigenvalue weighted by Crippen LogP contribution is -2.16. The largest absolute Gasteiger partial charge is 0.476 e. The Bertz CT molecular complexity index is 1060. The van der Waals surface area contributed by atoms with E-state index in [4.69, 9.17) is 9.47 Å². The highest BCUT2D eigenvalue weighted by Crippen LogP contribution is 2.30. The van der Waals surface area contributed by atoms with E-state index in [-0.39, 0.29) is 11.7 Å². The van der Waals surface area contributed by atoms with Crippen LogP contribution in [0.25, 0.3) is 11.4 Å². The van der Waals surface area contributed by atoms with Gasteiger partial charge in [-0.25, -0.2) is 0 Å². The van der Waals surface area contributed by atoms with Crippen molar-refractivity contribution >= 4 is 23.4 Å². The molecule has 0 unspecified atom stereocenters. The molecule has 0 bridgehead atoms. The number of nitrogens with zero attached hydrogens (tertiary/aromatic N) is 5. The number of rotatable bonds is 11. The van der Waals surface area contributed by atoms with E-state index in [0.717, 1.165) is 22.4 Å². The summed E-state index contributed by atoms with van der Waals surface area (Å²) in [6.07, 6.45) is 1.90. The second kappa shape index (κ2) is 11.1. The standard InChI is InChI=1S/C22H30N6O3S/c1-6-27-13-17(21(26-27)31-7-2)20-24-25-22(28(20)11-12-30-5)32-14-19(29)23-18-10-8-9-15(3)16(18)4/h8-10,13H,6-7,11-12,14H2,1-5H3,(H,23,29). The maximum Gasteiger partial charge on any atom is 0.243 e. The van der Waals surface area contributed by atoms with Gasteiger partial charge in [-0.1, -0.05) is 23.9 Å². The Morgan fingerprint density at radius 2 is 2.03 bits per heavy atom. The molecule has 1 N–H and O–H groups in total. The van der Waals surface area contributed by atoms with Crippen LogP contribution in [0, 0.1) is 13.8 Å². The third-order valence-electron chi connectivity index (χ3n) is 5.02. The number of aromatic nitrogens is 5. The van der Waals surface area contributed by atoms with Crippen LogP contribution in [0.4, 0.5) is 5.69 Å². The molecule has 0 aliphatic carbocycles. The molecule has 3 rings (SSSR count). The highest BCUT2D eigenvalue weighted by atomic mass is 32.2. The van der Waals surface area contributed by atoms with Crippen molar-refractivity contribution in [3.8, 4) is 17.3 Å². The molecule has 2 heterocycles. The van der Waals surface area contributed by atoms with Crippen LogP contribution in [0.3, 0.4) is 0 Å². The second-order valence-corrected chi connectivity index (χ2v) is 8.11. The molecule has 0 spiro atoms. The maximum atomic E-state index is 12.6. The minimum atomic E-state index is -0.0969. The van der Waals surface area contributed by atoms with Gasteiger partial charge in [-0.3, -0.25) is 14.0 Å². The fourth-order valence-electron chi connectivity index (χ4n) is 3.14. The number of nitrogens with one attached hydrogen (secondary N) is 1. The van der Waals surface area contributed by atoms with Gasteiger partial charge >= 0.3 is 0 Å². The fraction of sp³-hybridized carbons (Fsp3) is 0.455. The van der Waals surface area contributed by atoms with Crippen molar-refractivity contribution < 1.29 is 14.3 Å². The zero-order chi connectivity index (χ0) is 23.1. The van der Waals surface area contributed by atoms with Gasteiger partial charge in [-0.2, -0.15) is 0 Å². The molecule has 0 saturated carbocycles. The van der Waals surface area contributed by atoms with Gasteiger partial charge < -0.3 is 14.8 Å². The lowest BCUT2D eigenvalue weighted by atomic mass is 10.1. The van der Waals surface area contributed by atoms with Gasteiger partial charge in [0.25, 0.3) is 0 Å². The number of ether oxygens (including phenoxy) is 2. The SMILES string of the molecule is CCOc1nn(CC)cc1-c1nnc(SCC(=O)Nc2cccc(C)c2C)n1CCOC. The molecule has 32 heavy (non-hydrogen) atoms. The van der Waals surface area contributed by atoms with Crippen molar-refractivity contribution in [1.29, 1.82) is 0 Å². The highest BCUT2D eigenvalue weighted by Gasteiger charge is 2.21. The first-order valence-corrected chi connectivity index (χ1v) is 11.6. The number of methoxy groups -OCH3 is 1. The summed E-state index contributed by atoms with van der Waals surface area (Å²) < 4.78 is 14.7. The Morgan fingerprint density at radius 3 is 2.75 bits per heavy atom. The zero-order valence-electron chi connectivity index (χ0n) is 19.2. The molecule has 2 aromatic heterocycles. The molecule has 10 heteroatoms. The van der Waals surface area contributed by atoms with E-state index < -0.39 is 0 Å². The van der Waals surface area contributed by atoms with Crippen molar-refractivity contribution in [2.24, 2.45) is 0 Å². The van der Waals surface area contributed by atoms with E-state index in [9.17, 15) is 4.79 Å². The molecule has 0 atom stereocenters. The fourth-order valence-corrected chi connectivity index (χ4v) is 3.91. The van der Waals surface area contributed by atoms with Gasteiger partial charge in [0.15, 0.2) is 11.0 Å². The van der Waals surface area contributed by atoms with Crippen LogP contribution in [0.2, 0.25) is 0 Å². The maximum absolute atomic E-state index is 12.6. The van der Waals surface area contributed by atoms with Gasteiger partial charge in [0.2, 0.25) is 11.8 Å². The number of hydrogen-bond acceptors (Lipinski definition) is 7. The molecule has 0 aliphatic rings. The smallest absolute Gasteiger partial charge is 0.243 e. The van der Waals surface area contributed by atoms with Crippen LogP contribution in [-0.4, -0.2) is 56.5 Å². The monoisotopic (exact) mass is 458 g/mol. The number of carbonyl (C=O) groups is 1. The Labute approximate surface area is 192 Å². The molecule has 1 aromatic carbocycles. The van der Waals surface area contributed by atoms with Crippen molar-refractivity contribution in [3.63, 3.8) is 0 Å². The Hall–Kier alpha value is -2.85. The Kier molecular flexibility index (Phi) is 8.29. The third-order valence-corrected chi connectivity index (χ3v) is 5.99. The minimum absolute atomic E-state index is 0.0969. The van der Waals surface area contributed by atoms with Gasteiger partial charge in [-0.05, 0) is 44.9 Å². The van der Waals surface area contributed by atoms with Crippen molar-refractivity contribution in [3.05, 3.63) is 35.5 Å². The van der Waals surface area contributed by atoms with Crippen LogP contribution in [0.15, 0.2) is 29.6 Å². The number of anilines is 1. The summed E-state index contributed by atoms with van der Waals surface area (Å²) in [6.45, 7) is 10.2. The molecular weight excluding hydrogens is 428 g/mol. The van der Waals surface area contributed by atoms with E-state index in [1.54, 1.807) is 11.8 Å². The number of benzene rings is 1. The first-order valence-electron chi connectivity index (χ1n) is 10.6. The number of amides is 1. The van der Waals surface area contributed by atoms with Crippen molar-refractivity contribution in [1.82, 2.24) is 24.5 Å².